The van der Waals surface area contributed by atoms with E-state index in [2.05, 4.69) is 5.10 Å². The molecule has 1 unspecified atom stereocenters. The molecule has 0 radical (unpaired) electrons. The number of nitrogens with zero attached hydrogens (tertiary/aromatic N) is 3. The number of amides is 1. The smallest absolute Gasteiger partial charge is 0.308 e. The molecular formula is C21H24FN3O3. The number of carboxylic acids is 1. The number of fused-ring (bicyclic) bond motifs is 1. The van der Waals surface area contributed by atoms with Crippen molar-refractivity contribution in [3.63, 3.8) is 0 Å². The van der Waals surface area contributed by atoms with Gasteiger partial charge < -0.3 is 10.0 Å². The van der Waals surface area contributed by atoms with E-state index in [9.17, 15) is 19.1 Å². The molecule has 1 amide bonds. The number of aliphatic carboxylic acids is 1. The van der Waals surface area contributed by atoms with Gasteiger partial charge in [0.25, 0.3) is 5.91 Å². The first-order valence-electron chi connectivity index (χ1n) is 9.78. The topological polar surface area (TPSA) is 75.4 Å². The maximum atomic E-state index is 14.5. The minimum atomic E-state index is -0.920. The van der Waals surface area contributed by atoms with Crippen molar-refractivity contribution in [2.45, 2.75) is 52.0 Å². The van der Waals surface area contributed by atoms with Crippen LogP contribution in [0.2, 0.25) is 0 Å². The number of rotatable bonds is 6. The predicted molar refractivity (Wildman–Crippen MR) is 101 cm³/mol. The molecule has 0 saturated heterocycles. The molecule has 6 nitrogen and oxygen atoms in total. The molecule has 1 fully saturated rings. The van der Waals surface area contributed by atoms with Crippen LogP contribution in [0.1, 0.15) is 53.5 Å². The Kier molecular flexibility index (Phi) is 4.69. The quantitative estimate of drug-likeness (QED) is 0.829. The summed E-state index contributed by atoms with van der Waals surface area (Å²) in [6, 6.07) is 4.93. The average Bonchev–Trinajstić information content (AvgIpc) is 3.27. The largest absolute Gasteiger partial charge is 0.481 e. The van der Waals surface area contributed by atoms with Crippen molar-refractivity contribution in [3.05, 3.63) is 46.5 Å². The molecule has 0 spiro atoms. The van der Waals surface area contributed by atoms with Gasteiger partial charge in [-0.1, -0.05) is 13.0 Å². The third kappa shape index (κ3) is 3.30. The summed E-state index contributed by atoms with van der Waals surface area (Å²) in [5, 5.41) is 13.8. The number of aromatic nitrogens is 2. The van der Waals surface area contributed by atoms with Crippen LogP contribution in [0.15, 0.2) is 18.2 Å². The maximum Gasteiger partial charge on any atom is 0.308 e. The molecule has 2 aliphatic carbocycles. The van der Waals surface area contributed by atoms with Gasteiger partial charge >= 0.3 is 5.97 Å². The van der Waals surface area contributed by atoms with E-state index in [1.165, 1.54) is 6.07 Å². The fraction of sp³-hybridized carbons (Fsp3) is 0.476. The molecule has 2 aliphatic rings. The minimum absolute atomic E-state index is 0.0761. The average molecular weight is 385 g/mol. The van der Waals surface area contributed by atoms with Crippen LogP contribution in [0.3, 0.4) is 0 Å². The second kappa shape index (κ2) is 7.04. The molecular weight excluding hydrogens is 361 g/mol. The molecule has 0 aliphatic heterocycles. The number of hydrogen-bond acceptors (Lipinski definition) is 3. The Morgan fingerprint density at radius 2 is 2.11 bits per heavy atom. The predicted octanol–water partition coefficient (Wildman–Crippen LogP) is 3.13. The lowest BCUT2D eigenvalue weighted by Crippen LogP contribution is -2.39. The normalized spacial score (nSPS) is 16.7. The number of hydrogen-bond donors (Lipinski definition) is 1. The highest BCUT2D eigenvalue weighted by Crippen LogP contribution is 2.33. The molecule has 1 aromatic carbocycles. The van der Waals surface area contributed by atoms with Crippen molar-refractivity contribution < 1.29 is 19.1 Å². The van der Waals surface area contributed by atoms with E-state index in [0.29, 0.717) is 11.4 Å². The van der Waals surface area contributed by atoms with E-state index < -0.39 is 11.9 Å². The molecule has 1 N–H and O–H groups in total. The fourth-order valence-corrected chi connectivity index (χ4v) is 3.89. The van der Waals surface area contributed by atoms with Crippen LogP contribution < -0.4 is 0 Å². The Morgan fingerprint density at radius 1 is 1.36 bits per heavy atom. The van der Waals surface area contributed by atoms with Gasteiger partial charge in [0.2, 0.25) is 0 Å². The van der Waals surface area contributed by atoms with Crippen molar-refractivity contribution in [3.8, 4) is 5.69 Å². The van der Waals surface area contributed by atoms with Gasteiger partial charge in [-0.15, -0.1) is 0 Å². The molecule has 4 rings (SSSR count). The summed E-state index contributed by atoms with van der Waals surface area (Å²) < 4.78 is 16.0. The van der Waals surface area contributed by atoms with Gasteiger partial charge in [0.15, 0.2) is 5.69 Å². The van der Waals surface area contributed by atoms with Gasteiger partial charge in [-0.3, -0.25) is 9.59 Å². The summed E-state index contributed by atoms with van der Waals surface area (Å²) >= 11 is 0. The maximum absolute atomic E-state index is 14.5. The number of carbonyl (C=O) groups excluding carboxylic acids is 1. The number of aryl methyl sites for hydroxylation is 1. The van der Waals surface area contributed by atoms with Gasteiger partial charge in [0, 0.05) is 23.8 Å². The first-order valence-corrected chi connectivity index (χ1v) is 9.78. The monoisotopic (exact) mass is 385 g/mol. The lowest BCUT2D eigenvalue weighted by molar-refractivity contribution is -0.141. The molecule has 1 atom stereocenters. The molecule has 7 heteroatoms. The molecule has 148 valence electrons. The lowest BCUT2D eigenvalue weighted by atomic mass is 10.1. The Balaban J connectivity index is 1.73. The van der Waals surface area contributed by atoms with Gasteiger partial charge in [-0.25, -0.2) is 9.07 Å². The molecule has 1 aromatic heterocycles. The second-order valence-corrected chi connectivity index (χ2v) is 7.92. The van der Waals surface area contributed by atoms with Crippen molar-refractivity contribution >= 4 is 11.9 Å². The highest BCUT2D eigenvalue weighted by atomic mass is 19.1. The van der Waals surface area contributed by atoms with Crippen LogP contribution >= 0.6 is 0 Å². The minimum Gasteiger partial charge on any atom is -0.481 e. The third-order valence-electron chi connectivity index (χ3n) is 5.60. The number of carbonyl (C=O) groups is 2. The van der Waals surface area contributed by atoms with Crippen LogP contribution in [0.25, 0.3) is 5.69 Å². The SMILES string of the molecule is Cc1ccc(F)c(-n2nc(C(=O)N(CC(C)C(=O)O)C3CC3)c3c2CCC3)c1. The lowest BCUT2D eigenvalue weighted by Gasteiger charge is -2.23. The molecule has 1 saturated carbocycles. The molecule has 2 aromatic rings. The first-order chi connectivity index (χ1) is 13.4. The molecule has 28 heavy (non-hydrogen) atoms. The summed E-state index contributed by atoms with van der Waals surface area (Å²) in [6.07, 6.45) is 4.14. The molecule has 1 heterocycles. The van der Waals surface area contributed by atoms with Crippen molar-refractivity contribution in [1.82, 2.24) is 14.7 Å². The highest BCUT2D eigenvalue weighted by molar-refractivity contribution is 5.95. The van der Waals surface area contributed by atoms with Gasteiger partial charge in [0.05, 0.1) is 5.92 Å². The summed E-state index contributed by atoms with van der Waals surface area (Å²) in [6.45, 7) is 3.66. The van der Waals surface area contributed by atoms with Crippen LogP contribution in [0.4, 0.5) is 4.39 Å². The summed E-state index contributed by atoms with van der Waals surface area (Å²) in [7, 11) is 0. The Bertz CT molecular complexity index is 949. The van der Waals surface area contributed by atoms with Crippen LogP contribution in [0, 0.1) is 18.7 Å². The Labute approximate surface area is 163 Å². The van der Waals surface area contributed by atoms with Crippen molar-refractivity contribution in [2.75, 3.05) is 6.54 Å². The third-order valence-corrected chi connectivity index (χ3v) is 5.60. The van der Waals surface area contributed by atoms with E-state index in [0.717, 1.165) is 48.9 Å². The van der Waals surface area contributed by atoms with E-state index in [4.69, 9.17) is 0 Å². The van der Waals surface area contributed by atoms with E-state index in [1.807, 2.05) is 6.92 Å². The summed E-state index contributed by atoms with van der Waals surface area (Å²) in [5.41, 5.74) is 3.38. The Morgan fingerprint density at radius 3 is 2.79 bits per heavy atom. The van der Waals surface area contributed by atoms with Crippen molar-refractivity contribution in [1.29, 1.82) is 0 Å². The van der Waals surface area contributed by atoms with Crippen LogP contribution in [0.5, 0.6) is 0 Å². The summed E-state index contributed by atoms with van der Waals surface area (Å²) in [4.78, 5) is 26.2. The number of benzene rings is 1. The second-order valence-electron chi connectivity index (χ2n) is 7.92. The number of carboxylic acid groups (broad SMARTS) is 1. The van der Waals surface area contributed by atoms with Crippen molar-refractivity contribution in [2.24, 2.45) is 5.92 Å². The molecule has 0 bridgehead atoms. The zero-order chi connectivity index (χ0) is 20.0. The zero-order valence-electron chi connectivity index (χ0n) is 16.1. The van der Waals surface area contributed by atoms with E-state index >= 15 is 0 Å². The summed E-state index contributed by atoms with van der Waals surface area (Å²) in [5.74, 6) is -2.18. The fourth-order valence-electron chi connectivity index (χ4n) is 3.89. The highest BCUT2D eigenvalue weighted by Gasteiger charge is 2.38. The first kappa shape index (κ1) is 18.7. The van der Waals surface area contributed by atoms with Crippen LogP contribution in [-0.2, 0) is 17.6 Å². The van der Waals surface area contributed by atoms with E-state index in [-0.39, 0.29) is 24.3 Å². The Hall–Kier alpha value is -2.70. The standard InChI is InChI=1S/C21H24FN3O3/c1-12-6-9-16(22)18(10-12)25-17-5-3-4-15(17)19(23-25)20(26)24(14-7-8-14)11-13(2)21(27)28/h6,9-10,13-14H,3-5,7-8,11H2,1-2H3,(H,27,28). The van der Waals surface area contributed by atoms with Gasteiger partial charge in [-0.2, -0.15) is 5.10 Å². The zero-order valence-corrected chi connectivity index (χ0v) is 16.1. The van der Waals surface area contributed by atoms with Gasteiger partial charge in [-0.05, 0) is 56.7 Å². The number of halogens is 1. The van der Waals surface area contributed by atoms with Crippen LogP contribution in [-0.4, -0.2) is 44.3 Å². The van der Waals surface area contributed by atoms with Gasteiger partial charge in [0.1, 0.15) is 11.5 Å². The van der Waals surface area contributed by atoms with E-state index in [1.54, 1.807) is 28.6 Å².